The number of amides is 1. The Kier molecular flexibility index (Phi) is 2.95. The molecule has 0 fully saturated rings. The van der Waals surface area contributed by atoms with Gasteiger partial charge in [0.25, 0.3) is 0 Å². The molecule has 0 aliphatic heterocycles. The first-order chi connectivity index (χ1) is 7.68. The van der Waals surface area contributed by atoms with E-state index in [9.17, 15) is 4.79 Å². The number of fused-ring (bicyclic) bond motifs is 1. The molecule has 1 aromatic carbocycles. The van der Waals surface area contributed by atoms with Gasteiger partial charge in [-0.15, -0.1) is 0 Å². The van der Waals surface area contributed by atoms with Gasteiger partial charge in [-0.25, -0.2) is 0 Å². The molecule has 0 radical (unpaired) electrons. The van der Waals surface area contributed by atoms with Crippen LogP contribution >= 0.6 is 0 Å². The van der Waals surface area contributed by atoms with Gasteiger partial charge in [0, 0.05) is 38.1 Å². The monoisotopic (exact) mass is 216 g/mol. The van der Waals surface area contributed by atoms with Crippen LogP contribution in [0.3, 0.4) is 0 Å². The zero-order valence-electron chi connectivity index (χ0n) is 9.66. The number of para-hydroxylation sites is 1. The van der Waals surface area contributed by atoms with E-state index in [2.05, 4.69) is 35.1 Å². The number of aromatic nitrogens is 1. The molecule has 0 saturated heterocycles. The summed E-state index contributed by atoms with van der Waals surface area (Å²) in [6, 6.07) is 10.5. The average Bonchev–Trinajstić information content (AvgIpc) is 2.56. The number of nitrogens with zero attached hydrogens (tertiary/aromatic N) is 1. The van der Waals surface area contributed by atoms with Gasteiger partial charge in [-0.1, -0.05) is 18.2 Å². The minimum atomic E-state index is 0.0266. The third-order valence-corrected chi connectivity index (χ3v) is 2.81. The standard InChI is InChI=1S/C13H16N2O/c1-10(16)14-8-7-12-9-11-5-3-4-6-13(11)15(12)2/h3-6,9H,7-8H2,1-2H3,(H,14,16). The molecule has 0 saturated carbocycles. The van der Waals surface area contributed by atoms with Crippen LogP contribution in [0.1, 0.15) is 12.6 Å². The van der Waals surface area contributed by atoms with Gasteiger partial charge in [-0.05, 0) is 17.5 Å². The van der Waals surface area contributed by atoms with Crippen molar-refractivity contribution in [2.45, 2.75) is 13.3 Å². The molecule has 84 valence electrons. The second kappa shape index (κ2) is 4.39. The predicted molar refractivity (Wildman–Crippen MR) is 65.3 cm³/mol. The van der Waals surface area contributed by atoms with Crippen molar-refractivity contribution in [1.82, 2.24) is 9.88 Å². The first kappa shape index (κ1) is 10.7. The minimum Gasteiger partial charge on any atom is -0.356 e. The fraction of sp³-hybridized carbons (Fsp3) is 0.308. The van der Waals surface area contributed by atoms with Crippen molar-refractivity contribution < 1.29 is 4.79 Å². The highest BCUT2D eigenvalue weighted by molar-refractivity contribution is 5.81. The van der Waals surface area contributed by atoms with Crippen LogP contribution in [-0.2, 0) is 18.3 Å². The Hall–Kier alpha value is -1.77. The normalized spacial score (nSPS) is 10.6. The van der Waals surface area contributed by atoms with E-state index in [4.69, 9.17) is 0 Å². The number of carbonyl (C=O) groups is 1. The Balaban J connectivity index is 2.18. The number of nitrogens with one attached hydrogen (secondary N) is 1. The minimum absolute atomic E-state index is 0.0266. The Morgan fingerprint density at radius 1 is 1.38 bits per heavy atom. The molecule has 0 atom stereocenters. The molecule has 2 aromatic rings. The quantitative estimate of drug-likeness (QED) is 0.834. The molecule has 1 amide bonds. The molecule has 2 rings (SSSR count). The molecule has 3 heteroatoms. The molecule has 1 heterocycles. The fourth-order valence-corrected chi connectivity index (χ4v) is 1.95. The van der Waals surface area contributed by atoms with Crippen LogP contribution in [0.15, 0.2) is 30.3 Å². The largest absolute Gasteiger partial charge is 0.356 e. The van der Waals surface area contributed by atoms with Crippen LogP contribution in [-0.4, -0.2) is 17.0 Å². The lowest BCUT2D eigenvalue weighted by Gasteiger charge is -2.04. The molecule has 0 aliphatic carbocycles. The van der Waals surface area contributed by atoms with E-state index in [1.165, 1.54) is 16.6 Å². The van der Waals surface area contributed by atoms with E-state index in [0.717, 1.165) is 6.42 Å². The van der Waals surface area contributed by atoms with E-state index in [1.54, 1.807) is 6.92 Å². The molecule has 3 nitrogen and oxygen atoms in total. The van der Waals surface area contributed by atoms with Gasteiger partial charge in [0.1, 0.15) is 0 Å². The molecule has 0 aliphatic rings. The van der Waals surface area contributed by atoms with Crippen LogP contribution in [0.5, 0.6) is 0 Å². The first-order valence-electron chi connectivity index (χ1n) is 5.46. The highest BCUT2D eigenvalue weighted by atomic mass is 16.1. The topological polar surface area (TPSA) is 34.0 Å². The van der Waals surface area contributed by atoms with Gasteiger partial charge in [0.15, 0.2) is 0 Å². The summed E-state index contributed by atoms with van der Waals surface area (Å²) >= 11 is 0. The van der Waals surface area contributed by atoms with Crippen LogP contribution in [0.4, 0.5) is 0 Å². The number of aryl methyl sites for hydroxylation is 1. The summed E-state index contributed by atoms with van der Waals surface area (Å²) in [7, 11) is 2.06. The summed E-state index contributed by atoms with van der Waals surface area (Å²) in [5.41, 5.74) is 2.48. The van der Waals surface area contributed by atoms with Crippen molar-refractivity contribution in [3.05, 3.63) is 36.0 Å². The third-order valence-electron chi connectivity index (χ3n) is 2.81. The van der Waals surface area contributed by atoms with Crippen molar-refractivity contribution in [3.63, 3.8) is 0 Å². The molecular weight excluding hydrogens is 200 g/mol. The van der Waals surface area contributed by atoms with Crippen molar-refractivity contribution in [2.75, 3.05) is 6.54 Å². The van der Waals surface area contributed by atoms with E-state index in [-0.39, 0.29) is 5.91 Å². The lowest BCUT2D eigenvalue weighted by Crippen LogP contribution is -2.22. The molecule has 0 unspecified atom stereocenters. The zero-order valence-corrected chi connectivity index (χ0v) is 9.66. The summed E-state index contributed by atoms with van der Waals surface area (Å²) < 4.78 is 2.18. The number of hydrogen-bond acceptors (Lipinski definition) is 1. The van der Waals surface area contributed by atoms with Gasteiger partial charge in [-0.2, -0.15) is 0 Å². The van der Waals surface area contributed by atoms with Crippen molar-refractivity contribution in [3.8, 4) is 0 Å². The van der Waals surface area contributed by atoms with Crippen molar-refractivity contribution in [1.29, 1.82) is 0 Å². The van der Waals surface area contributed by atoms with E-state index in [1.807, 2.05) is 12.1 Å². The second-order valence-corrected chi connectivity index (χ2v) is 3.99. The maximum atomic E-state index is 10.8. The van der Waals surface area contributed by atoms with Gasteiger partial charge in [-0.3, -0.25) is 4.79 Å². The summed E-state index contributed by atoms with van der Waals surface area (Å²) in [5, 5.41) is 4.07. The van der Waals surface area contributed by atoms with Crippen LogP contribution in [0.25, 0.3) is 10.9 Å². The van der Waals surface area contributed by atoms with E-state index < -0.39 is 0 Å². The maximum absolute atomic E-state index is 10.8. The third kappa shape index (κ3) is 2.08. The Labute approximate surface area is 95.1 Å². The molecular formula is C13H16N2O. The fourth-order valence-electron chi connectivity index (χ4n) is 1.95. The van der Waals surface area contributed by atoms with Crippen LogP contribution < -0.4 is 5.32 Å². The molecule has 0 bridgehead atoms. The second-order valence-electron chi connectivity index (χ2n) is 3.99. The Bertz CT molecular complexity index is 514. The van der Waals surface area contributed by atoms with E-state index in [0.29, 0.717) is 6.54 Å². The Morgan fingerprint density at radius 3 is 2.81 bits per heavy atom. The molecule has 16 heavy (non-hydrogen) atoms. The number of benzene rings is 1. The van der Waals surface area contributed by atoms with Crippen molar-refractivity contribution in [2.24, 2.45) is 7.05 Å². The number of hydrogen-bond donors (Lipinski definition) is 1. The highest BCUT2D eigenvalue weighted by Gasteiger charge is 2.04. The SMILES string of the molecule is CC(=O)NCCc1cc2ccccc2n1C. The van der Waals surface area contributed by atoms with Crippen LogP contribution in [0.2, 0.25) is 0 Å². The van der Waals surface area contributed by atoms with Gasteiger partial charge in [0.05, 0.1) is 0 Å². The predicted octanol–water partition coefficient (Wildman–Crippen LogP) is 1.86. The Morgan fingerprint density at radius 2 is 2.12 bits per heavy atom. The van der Waals surface area contributed by atoms with E-state index >= 15 is 0 Å². The van der Waals surface area contributed by atoms with Gasteiger partial charge >= 0.3 is 0 Å². The van der Waals surface area contributed by atoms with Crippen LogP contribution in [0, 0.1) is 0 Å². The van der Waals surface area contributed by atoms with Gasteiger partial charge in [0.2, 0.25) is 5.91 Å². The lowest BCUT2D eigenvalue weighted by molar-refractivity contribution is -0.118. The smallest absolute Gasteiger partial charge is 0.216 e. The summed E-state index contributed by atoms with van der Waals surface area (Å²) in [5.74, 6) is 0.0266. The average molecular weight is 216 g/mol. The van der Waals surface area contributed by atoms with Gasteiger partial charge < -0.3 is 9.88 Å². The molecule has 1 N–H and O–H groups in total. The molecule has 1 aromatic heterocycles. The lowest BCUT2D eigenvalue weighted by atomic mass is 10.2. The molecule has 0 spiro atoms. The summed E-state index contributed by atoms with van der Waals surface area (Å²) in [6.45, 7) is 2.24. The summed E-state index contributed by atoms with van der Waals surface area (Å²) in [6.07, 6.45) is 0.866. The number of rotatable bonds is 3. The zero-order chi connectivity index (χ0) is 11.5. The maximum Gasteiger partial charge on any atom is 0.216 e. The van der Waals surface area contributed by atoms with Crippen molar-refractivity contribution >= 4 is 16.8 Å². The number of carbonyl (C=O) groups excluding carboxylic acids is 1. The first-order valence-corrected chi connectivity index (χ1v) is 5.46. The highest BCUT2D eigenvalue weighted by Crippen LogP contribution is 2.18. The summed E-state index contributed by atoms with van der Waals surface area (Å²) in [4.78, 5) is 10.8.